The second kappa shape index (κ2) is 11.8. The lowest BCUT2D eigenvalue weighted by Gasteiger charge is -2.45. The standard InChI is InChI=1S/C26H44N2O6S/c1-14(2)11-16-8-9-33-23-17(12-16)13-28(4)19(23)25(32)27-18-15(3)7-5-6-10-35-26-22(31)20(29)21(30)24(18)34-26/h5,7,14-24,26,29-31H,6,8-13H2,1-4H3,(H,27,32)/b7-5-/t15-,16+,17+,18-,19+,20+,21-,22-,23-,24-,26-/m1/s1. The molecule has 3 fully saturated rings. The fourth-order valence-corrected chi connectivity index (χ4v) is 7.50. The van der Waals surface area contributed by atoms with Crippen molar-refractivity contribution in [1.29, 1.82) is 0 Å². The van der Waals surface area contributed by atoms with Crippen molar-refractivity contribution in [2.45, 2.75) is 94.5 Å². The molecule has 200 valence electrons. The number of allylic oxidation sites excluding steroid dienone is 1. The van der Waals surface area contributed by atoms with Crippen molar-refractivity contribution in [2.24, 2.45) is 23.7 Å². The molecule has 8 nitrogen and oxygen atoms in total. The number of aliphatic hydroxyl groups is 3. The number of nitrogens with zero attached hydrogens (tertiary/aromatic N) is 1. The highest BCUT2D eigenvalue weighted by Gasteiger charge is 2.51. The highest BCUT2D eigenvalue weighted by molar-refractivity contribution is 7.99. The van der Waals surface area contributed by atoms with Gasteiger partial charge < -0.3 is 30.1 Å². The fraction of sp³-hybridized carbons (Fsp3) is 0.885. The van der Waals surface area contributed by atoms with Gasteiger partial charge in [-0.15, -0.1) is 11.8 Å². The minimum absolute atomic E-state index is 0.127. The molecule has 1 amide bonds. The van der Waals surface area contributed by atoms with Gasteiger partial charge in [0.2, 0.25) is 5.91 Å². The Balaban J connectivity index is 1.52. The number of hydrogen-bond donors (Lipinski definition) is 4. The minimum atomic E-state index is -1.33. The summed E-state index contributed by atoms with van der Waals surface area (Å²) in [6, 6.07) is -0.963. The van der Waals surface area contributed by atoms with Crippen LogP contribution in [0.5, 0.6) is 0 Å². The summed E-state index contributed by atoms with van der Waals surface area (Å²) in [5.74, 6) is 2.06. The number of likely N-dealkylation sites (tertiary alicyclic amines) is 1. The number of carbonyl (C=O) groups is 1. The predicted octanol–water partition coefficient (Wildman–Crippen LogP) is 1.38. The molecule has 0 unspecified atom stereocenters. The highest BCUT2D eigenvalue weighted by Crippen LogP contribution is 2.37. The van der Waals surface area contributed by atoms with E-state index in [0.29, 0.717) is 24.4 Å². The first kappa shape index (κ1) is 27.4. The summed E-state index contributed by atoms with van der Waals surface area (Å²) >= 11 is 1.42. The molecule has 9 heteroatoms. The van der Waals surface area contributed by atoms with E-state index in [1.54, 1.807) is 0 Å². The normalized spacial score (nSPS) is 46.0. The Morgan fingerprint density at radius 1 is 1.20 bits per heavy atom. The first-order valence-corrected chi connectivity index (χ1v) is 14.3. The van der Waals surface area contributed by atoms with E-state index in [4.69, 9.17) is 9.47 Å². The van der Waals surface area contributed by atoms with Crippen LogP contribution in [0.4, 0.5) is 0 Å². The SMILES string of the molecule is CC(C)C[C@@H]1CCO[C@@H]2[C@@H](C1)CN(C)[C@@H]2C(=O)N[C@H]1[C@H]2O[C@H](SCC/C=C\[C@H]1C)[C@H](O)[C@@H](O)[C@H]2O. The van der Waals surface area contributed by atoms with Gasteiger partial charge in [-0.1, -0.05) is 32.9 Å². The summed E-state index contributed by atoms with van der Waals surface area (Å²) in [5, 5.41) is 35.0. The van der Waals surface area contributed by atoms with Gasteiger partial charge in [-0.25, -0.2) is 0 Å². The summed E-state index contributed by atoms with van der Waals surface area (Å²) in [5.41, 5.74) is -0.655. The molecule has 4 aliphatic heterocycles. The largest absolute Gasteiger partial charge is 0.388 e. The van der Waals surface area contributed by atoms with Crippen molar-refractivity contribution in [3.05, 3.63) is 12.2 Å². The molecule has 4 rings (SSSR count). The topological polar surface area (TPSA) is 111 Å². The van der Waals surface area contributed by atoms with Crippen LogP contribution in [-0.2, 0) is 14.3 Å². The Bertz CT molecular complexity index is 753. The van der Waals surface area contributed by atoms with Gasteiger partial charge in [0.05, 0.1) is 12.1 Å². The van der Waals surface area contributed by atoms with Crippen molar-refractivity contribution < 1.29 is 29.6 Å². The summed E-state index contributed by atoms with van der Waals surface area (Å²) < 4.78 is 12.4. The molecular formula is C26H44N2O6S. The quantitative estimate of drug-likeness (QED) is 0.418. The first-order valence-electron chi connectivity index (χ1n) is 13.3. The van der Waals surface area contributed by atoms with Crippen LogP contribution in [0.3, 0.4) is 0 Å². The molecule has 0 spiro atoms. The van der Waals surface area contributed by atoms with E-state index in [-0.39, 0.29) is 17.9 Å². The smallest absolute Gasteiger partial charge is 0.240 e. The zero-order valence-corrected chi connectivity index (χ0v) is 22.3. The maximum Gasteiger partial charge on any atom is 0.240 e. The van der Waals surface area contributed by atoms with Crippen LogP contribution in [-0.4, -0.2) is 100 Å². The second-order valence-corrected chi connectivity index (χ2v) is 12.6. The van der Waals surface area contributed by atoms with Crippen molar-refractivity contribution in [2.75, 3.05) is 26.0 Å². The molecule has 0 radical (unpaired) electrons. The summed E-state index contributed by atoms with van der Waals surface area (Å²) in [4.78, 5) is 15.8. The number of nitrogens with one attached hydrogen (secondary N) is 1. The van der Waals surface area contributed by atoms with Gasteiger partial charge in [0.25, 0.3) is 0 Å². The Kier molecular flexibility index (Phi) is 9.22. The number of thioether (sulfide) groups is 1. The Labute approximate surface area is 213 Å². The molecule has 0 aromatic heterocycles. The van der Waals surface area contributed by atoms with E-state index in [9.17, 15) is 20.1 Å². The van der Waals surface area contributed by atoms with Crippen LogP contribution < -0.4 is 5.32 Å². The fourth-order valence-electron chi connectivity index (χ4n) is 6.43. The van der Waals surface area contributed by atoms with Crippen molar-refractivity contribution >= 4 is 17.7 Å². The molecule has 4 aliphatic rings. The van der Waals surface area contributed by atoms with Crippen LogP contribution in [0.25, 0.3) is 0 Å². The van der Waals surface area contributed by atoms with Crippen molar-refractivity contribution in [1.82, 2.24) is 10.2 Å². The number of hydrogen-bond acceptors (Lipinski definition) is 8. The van der Waals surface area contributed by atoms with Crippen molar-refractivity contribution in [3.8, 4) is 0 Å². The van der Waals surface area contributed by atoms with E-state index >= 15 is 0 Å². The summed E-state index contributed by atoms with van der Waals surface area (Å²) in [6.45, 7) is 8.00. The summed E-state index contributed by atoms with van der Waals surface area (Å²) in [6.07, 6.45) is 3.41. The number of aliphatic hydroxyl groups excluding tert-OH is 3. The van der Waals surface area contributed by atoms with Gasteiger partial charge in [0.15, 0.2) is 0 Å². The summed E-state index contributed by atoms with van der Waals surface area (Å²) in [7, 11) is 1.98. The number of rotatable bonds is 4. The number of likely N-dealkylation sites (N-methyl/N-ethyl adjacent to an activating group) is 1. The molecular weight excluding hydrogens is 468 g/mol. The van der Waals surface area contributed by atoms with Crippen LogP contribution in [0.15, 0.2) is 12.2 Å². The third-order valence-corrected chi connectivity index (χ3v) is 9.35. The van der Waals surface area contributed by atoms with Gasteiger partial charge in [0.1, 0.15) is 35.9 Å². The molecule has 11 atom stereocenters. The molecule has 0 aromatic rings. The molecule has 0 saturated carbocycles. The minimum Gasteiger partial charge on any atom is -0.388 e. The average molecular weight is 513 g/mol. The average Bonchev–Trinajstić information content (AvgIpc) is 2.98. The molecule has 3 saturated heterocycles. The van der Waals surface area contributed by atoms with Gasteiger partial charge in [-0.3, -0.25) is 9.69 Å². The number of ether oxygens (including phenoxy) is 2. The maximum absolute atomic E-state index is 13.8. The van der Waals surface area contributed by atoms with Gasteiger partial charge >= 0.3 is 0 Å². The third kappa shape index (κ3) is 6.08. The molecule has 0 aliphatic carbocycles. The van der Waals surface area contributed by atoms with Crippen LogP contribution in [0.2, 0.25) is 0 Å². The zero-order valence-electron chi connectivity index (χ0n) is 21.5. The number of fused-ring (bicyclic) bond motifs is 3. The Hall–Kier alpha value is -0.680. The van der Waals surface area contributed by atoms with E-state index in [1.807, 2.05) is 20.0 Å². The van der Waals surface area contributed by atoms with E-state index in [2.05, 4.69) is 30.1 Å². The van der Waals surface area contributed by atoms with E-state index in [1.165, 1.54) is 18.2 Å². The van der Waals surface area contributed by atoms with Gasteiger partial charge in [0, 0.05) is 19.1 Å². The lowest BCUT2D eigenvalue weighted by Crippen LogP contribution is -2.65. The number of carbonyl (C=O) groups excluding carboxylic acids is 1. The molecule has 4 N–H and O–H groups in total. The van der Waals surface area contributed by atoms with Crippen LogP contribution >= 0.6 is 11.8 Å². The van der Waals surface area contributed by atoms with Crippen molar-refractivity contribution in [3.63, 3.8) is 0 Å². The van der Waals surface area contributed by atoms with Crippen LogP contribution in [0, 0.1) is 23.7 Å². The lowest BCUT2D eigenvalue weighted by atomic mass is 9.85. The van der Waals surface area contributed by atoms with Gasteiger partial charge in [-0.2, -0.15) is 0 Å². The van der Waals surface area contributed by atoms with E-state index < -0.39 is 41.9 Å². The lowest BCUT2D eigenvalue weighted by molar-refractivity contribution is -0.207. The second-order valence-electron chi connectivity index (χ2n) is 11.4. The predicted molar refractivity (Wildman–Crippen MR) is 136 cm³/mol. The van der Waals surface area contributed by atoms with E-state index in [0.717, 1.165) is 31.6 Å². The monoisotopic (exact) mass is 512 g/mol. The molecule has 0 aromatic carbocycles. The maximum atomic E-state index is 13.8. The Morgan fingerprint density at radius 3 is 2.71 bits per heavy atom. The van der Waals surface area contributed by atoms with Gasteiger partial charge in [-0.05, 0) is 56.2 Å². The number of amides is 1. The molecule has 2 bridgehead atoms. The third-order valence-electron chi connectivity index (χ3n) is 8.16. The van der Waals surface area contributed by atoms with Crippen LogP contribution in [0.1, 0.15) is 46.5 Å². The molecule has 35 heavy (non-hydrogen) atoms. The first-order chi connectivity index (χ1) is 16.7. The Morgan fingerprint density at radius 2 is 1.97 bits per heavy atom. The zero-order chi connectivity index (χ0) is 25.3. The highest BCUT2D eigenvalue weighted by atomic mass is 32.2. The molecule has 4 heterocycles.